The Kier molecular flexibility index (Phi) is 134. The van der Waals surface area contributed by atoms with Gasteiger partial charge >= 0.3 is 132 Å². The van der Waals surface area contributed by atoms with Crippen LogP contribution in [0.1, 0.15) is 99.9 Å². The van der Waals surface area contributed by atoms with Crippen LogP contribution >= 0.6 is 0 Å². The van der Waals surface area contributed by atoms with Crippen LogP contribution in [0.5, 0.6) is 92.0 Å². The fourth-order valence-corrected chi connectivity index (χ4v) is 8.34. The van der Waals surface area contributed by atoms with E-state index in [9.17, 15) is 40.9 Å². The molecule has 0 radical (unpaired) electrons. The second-order valence-electron chi connectivity index (χ2n) is 20.7. The molecule has 0 saturated carbocycles. The minimum Gasteiger partial charge on any atom is -0.870 e. The maximum atomic E-state index is 11.5. The first kappa shape index (κ1) is 163. The van der Waals surface area contributed by atoms with Crippen molar-refractivity contribution < 1.29 is 299 Å². The molecule has 134 heavy (non-hydrogen) atoms. The molecule has 0 aliphatic carbocycles. The third-order valence-electron chi connectivity index (χ3n) is 12.6. The summed E-state index contributed by atoms with van der Waals surface area (Å²) in [4.78, 5) is 30.3. The average molecular weight is 2280 g/mol. The Morgan fingerprint density at radius 1 is 0.187 bits per heavy atom. The van der Waals surface area contributed by atoms with E-state index >= 15 is 0 Å². The molecule has 0 atom stereocenters. The third kappa shape index (κ3) is 81.1. The number of halogens is 2. The maximum absolute atomic E-state index is 11.5. The van der Waals surface area contributed by atoms with E-state index in [0.29, 0.717) is 143 Å². The number of hydrogen-bond acceptors (Lipinski definition) is 38. The number of hydrogen-bond donors (Lipinski definition) is 0. The molecule has 8 aromatic carbocycles. The van der Waals surface area contributed by atoms with Crippen molar-refractivity contribution in [2.75, 3.05) is 152 Å². The van der Waals surface area contributed by atoms with E-state index in [0.717, 1.165) is 42.7 Å². The Hall–Kier alpha value is -8.11. The summed E-state index contributed by atoms with van der Waals surface area (Å²) in [5, 5.41) is 142. The van der Waals surface area contributed by atoms with Crippen molar-refractivity contribution in [2.24, 2.45) is 39.9 Å². The molecule has 48 heteroatoms. The average Bonchev–Trinajstić information content (AvgIpc) is 0.920. The van der Waals surface area contributed by atoms with E-state index < -0.39 is 20.5 Å². The van der Waals surface area contributed by atoms with Crippen molar-refractivity contribution in [3.8, 4) is 92.0 Å². The fourth-order valence-electron chi connectivity index (χ4n) is 8.34. The van der Waals surface area contributed by atoms with Gasteiger partial charge in [0.05, 0.1) is 52.9 Å². The summed E-state index contributed by atoms with van der Waals surface area (Å²) in [6, 6.07) is 41.3. The Balaban J connectivity index is -0.0000000815. The van der Waals surface area contributed by atoms with Gasteiger partial charge in [0.1, 0.15) is 46.0 Å². The molecule has 0 N–H and O–H groups in total. The smallest absolute Gasteiger partial charge is 0.870 e. The molecule has 0 aliphatic rings. The van der Waals surface area contributed by atoms with Gasteiger partial charge in [-0.15, -0.1) is 20.5 Å². The largest absolute Gasteiger partial charge is 2.00 e. The number of benzene rings is 8. The molecule has 0 aliphatic heterocycles. The van der Waals surface area contributed by atoms with E-state index in [1.54, 1.807) is 202 Å². The summed E-state index contributed by atoms with van der Waals surface area (Å²) in [6.45, 7) is 18.8. The summed E-state index contributed by atoms with van der Waals surface area (Å²) in [5.41, 5.74) is 4.51. The van der Waals surface area contributed by atoms with E-state index in [-0.39, 0.29) is 178 Å². The molecular formula is C86H114Cl2N8Ni8O30. The van der Waals surface area contributed by atoms with Gasteiger partial charge < -0.3 is 109 Å². The van der Waals surface area contributed by atoms with Crippen molar-refractivity contribution >= 4 is 49.7 Å². The molecule has 8 rings (SSSR count). The maximum Gasteiger partial charge on any atom is 2.00 e. The number of para-hydroxylation sites is 8. The predicted molar refractivity (Wildman–Crippen MR) is 440 cm³/mol. The van der Waals surface area contributed by atoms with E-state index in [1.807, 2.05) is 55.4 Å². The zero-order chi connectivity index (χ0) is 98.5. The molecule has 0 bridgehead atoms. The first-order chi connectivity index (χ1) is 60.3. The van der Waals surface area contributed by atoms with Gasteiger partial charge in [-0.2, -0.15) is 42.7 Å². The van der Waals surface area contributed by atoms with Gasteiger partial charge in [0.2, 0.25) is 0 Å². The molecule has 0 saturated heterocycles. The van der Waals surface area contributed by atoms with Gasteiger partial charge in [-0.3, -0.25) is 39.9 Å². The van der Waals surface area contributed by atoms with Crippen LogP contribution in [0, 0.1) is 20.5 Å². The van der Waals surface area contributed by atoms with Crippen molar-refractivity contribution in [1.29, 1.82) is 0 Å². The topological polar surface area (TPSA) is 680 Å². The van der Waals surface area contributed by atoms with Crippen LogP contribution in [0.2, 0.25) is 0 Å². The zero-order valence-electron chi connectivity index (χ0n) is 77.2. The minimum atomic E-state index is -4.94. The van der Waals surface area contributed by atoms with Crippen molar-refractivity contribution in [3.63, 3.8) is 0 Å². The molecular weight excluding hydrogens is 2170 g/mol. The van der Waals surface area contributed by atoms with Crippen LogP contribution in [-0.2, 0) is 132 Å². The molecule has 0 unspecified atom stereocenters. The van der Waals surface area contributed by atoms with Gasteiger partial charge in [-0.25, -0.2) is 37.3 Å². The van der Waals surface area contributed by atoms with Crippen molar-refractivity contribution in [3.05, 3.63) is 190 Å². The standard InChI is InChI=1S/8C10H13NO2.6CH3O.2ClHO4.8Ni/c8*1-3-13-9-6-4-5-8(7-11-2)10(9)12;6*1-2;2*2-1(3,4)5;;;;;;;;/h8*4-7,12H,3H2,1-2H3;6*1H3;2*(H,2,3,4,5);;;;;;;;/q;;;;;;;;6*-1;;;8*+2/p-10. The second kappa shape index (κ2) is 110. The van der Waals surface area contributed by atoms with E-state index in [2.05, 4.69) is 39.9 Å². The van der Waals surface area contributed by atoms with E-state index in [4.69, 9.17) is 106 Å². The minimum absolute atomic E-state index is 0. The van der Waals surface area contributed by atoms with Crippen LogP contribution in [0.4, 0.5) is 0 Å². The second-order valence-corrected chi connectivity index (χ2v) is 22.2. The molecule has 8 aromatic rings. The Morgan fingerprint density at radius 3 is 0.321 bits per heavy atom. The first-order valence-corrected chi connectivity index (χ1v) is 39.3. The van der Waals surface area contributed by atoms with Crippen LogP contribution in [0.3, 0.4) is 0 Å². The summed E-state index contributed by atoms with van der Waals surface area (Å²) >= 11 is 0. The SMILES string of the molecule is CCOc1cccc(C=NC)c1[O-].CCOc1cccc(C=NC)c1[O-].CCOc1cccc(C=NC)c1[O-].CCOc1cccc(C=NC)c1[O-].CCOc1cccc(C=NC)c1[O-].CCOc1cccc(C=NC)c1[O-].CCOc1cccc(C=NC)c1[O-].CCOc1cccc(C=NC)c1[O-].C[O-].C[O-].C[O-].C[O-].C[O-].C[O-].[Ni+2].[Ni+2].[Ni+2].[Ni+2].[Ni+2].[Ni+2].[Ni+2].[Ni+2].[O-][Cl+3]([O-])([O-])[O-].[O-][Cl+3]([O-])([O-])[O-]. The predicted octanol–water partition coefficient (Wildman–Crippen LogP) is -6.01. The van der Waals surface area contributed by atoms with Crippen LogP contribution < -0.4 is 147 Å². The molecule has 0 spiro atoms. The quantitative estimate of drug-likeness (QED) is 0.0401. The van der Waals surface area contributed by atoms with Gasteiger partial charge in [0.25, 0.3) is 0 Å². The Labute approximate surface area is 871 Å². The normalized spacial score (nSPS) is 9.40. The summed E-state index contributed by atoms with van der Waals surface area (Å²) in [6.07, 6.45) is 12.3. The summed E-state index contributed by atoms with van der Waals surface area (Å²) in [7, 11) is 7.67. The summed E-state index contributed by atoms with van der Waals surface area (Å²) < 4.78 is 109. The Bertz CT molecular complexity index is 3500. The molecule has 0 aromatic heterocycles. The first-order valence-electron chi connectivity index (χ1n) is 36.8. The number of nitrogens with zero attached hydrogens (tertiary/aromatic N) is 8. The molecule has 0 fully saturated rings. The summed E-state index contributed by atoms with van der Waals surface area (Å²) in [5.74, 6) is 2.30. The number of ether oxygens (including phenoxy) is 8. The third-order valence-corrected chi connectivity index (χ3v) is 12.6. The molecule has 772 valence electrons. The monoisotopic (exact) mass is 2270 g/mol. The van der Waals surface area contributed by atoms with Crippen LogP contribution in [0.25, 0.3) is 0 Å². The van der Waals surface area contributed by atoms with Crippen LogP contribution in [0.15, 0.2) is 186 Å². The number of rotatable bonds is 24. The van der Waals surface area contributed by atoms with Crippen LogP contribution in [-0.4, -0.2) is 202 Å². The van der Waals surface area contributed by atoms with Crippen molar-refractivity contribution in [1.82, 2.24) is 0 Å². The van der Waals surface area contributed by atoms with Gasteiger partial charge in [-0.05, 0) is 148 Å². The van der Waals surface area contributed by atoms with Gasteiger partial charge in [-0.1, -0.05) is 143 Å². The van der Waals surface area contributed by atoms with E-state index in [1.165, 1.54) is 49.7 Å². The van der Waals surface area contributed by atoms with Gasteiger partial charge in [0, 0.05) is 106 Å². The fraction of sp³-hybridized carbons (Fsp3) is 0.349. The molecule has 0 amide bonds. The molecule has 38 nitrogen and oxygen atoms in total. The number of aliphatic imine (C=N–C) groups is 8. The van der Waals surface area contributed by atoms with Crippen molar-refractivity contribution in [2.45, 2.75) is 55.4 Å². The molecule has 0 heterocycles. The van der Waals surface area contributed by atoms with Gasteiger partial charge in [0.15, 0.2) is 0 Å². The zero-order valence-corrected chi connectivity index (χ0v) is 86.7. The Morgan fingerprint density at radius 2 is 0.261 bits per heavy atom.